The van der Waals surface area contributed by atoms with E-state index in [1.54, 1.807) is 0 Å². The molecule has 2 N–H and O–H groups in total. The van der Waals surface area contributed by atoms with Gasteiger partial charge in [-0.25, -0.2) is 0 Å². The fraction of sp³-hybridized carbons (Fsp3) is 0.619. The summed E-state index contributed by atoms with van der Waals surface area (Å²) in [4.78, 5) is 0. The molecule has 0 aromatic heterocycles. The maximum absolute atomic E-state index is 11.0. The summed E-state index contributed by atoms with van der Waals surface area (Å²) in [5.74, 6) is 4.62. The number of rotatable bonds is 0. The molecule has 0 aliphatic heterocycles. The molecule has 2 saturated carbocycles. The lowest BCUT2D eigenvalue weighted by molar-refractivity contribution is -0.0648. The van der Waals surface area contributed by atoms with Crippen molar-refractivity contribution in [3.8, 4) is 18.1 Å². The second-order valence-corrected chi connectivity index (χ2v) is 8.21. The van der Waals surface area contributed by atoms with E-state index in [9.17, 15) is 10.2 Å². The first kappa shape index (κ1) is 15.1. The first-order chi connectivity index (χ1) is 10.9. The van der Waals surface area contributed by atoms with Crippen molar-refractivity contribution >= 4 is 0 Å². The second kappa shape index (κ2) is 4.77. The first-order valence-corrected chi connectivity index (χ1v) is 8.93. The van der Waals surface area contributed by atoms with E-state index in [1.807, 2.05) is 12.1 Å². The summed E-state index contributed by atoms with van der Waals surface area (Å²) in [5.41, 5.74) is 2.74. The summed E-state index contributed by atoms with van der Waals surface area (Å²) in [5, 5.41) is 21.4. The zero-order valence-corrected chi connectivity index (χ0v) is 14.1. The van der Waals surface area contributed by atoms with E-state index in [2.05, 4.69) is 19.8 Å². The van der Waals surface area contributed by atoms with Crippen LogP contribution in [0.25, 0.3) is 0 Å². The molecule has 2 fully saturated rings. The lowest BCUT2D eigenvalue weighted by Crippen LogP contribution is -2.50. The Balaban J connectivity index is 1.77. The highest BCUT2D eigenvalue weighted by molar-refractivity contribution is 5.48. The summed E-state index contributed by atoms with van der Waals surface area (Å²) < 4.78 is 0. The average Bonchev–Trinajstić information content (AvgIpc) is 2.83. The molecule has 0 radical (unpaired) electrons. The van der Waals surface area contributed by atoms with Crippen LogP contribution in [0.5, 0.6) is 5.75 Å². The standard InChI is InChI=1S/C21H26O2/c1-4-21(23)12-10-17-15-7-6-14-13(2)5-8-18(22)19(14)16(15)9-11-20(17,21)3/h1,5,8,15-17,22-23H,6-7,9-12H2,2-3H3/t15-,16-,17+,20+,21+/m0/s1. The van der Waals surface area contributed by atoms with E-state index in [-0.39, 0.29) is 5.41 Å². The predicted molar refractivity (Wildman–Crippen MR) is 91.2 cm³/mol. The molecule has 0 spiro atoms. The SMILES string of the molecule is C#C[C@@]1(O)CC[C@@H]2[C@H]3CCc4c(C)ccc(O)c4[C@H]3CC[C@]21C. The molecule has 2 nitrogen and oxygen atoms in total. The monoisotopic (exact) mass is 310 g/mol. The number of fused-ring (bicyclic) bond motifs is 5. The Labute approximate surface area is 138 Å². The molecule has 0 amide bonds. The Bertz CT molecular complexity index is 701. The summed E-state index contributed by atoms with van der Waals surface area (Å²) in [6.07, 6.45) is 11.6. The lowest BCUT2D eigenvalue weighted by atomic mass is 9.53. The third-order valence-corrected chi connectivity index (χ3v) is 7.49. The van der Waals surface area contributed by atoms with Crippen LogP contribution in [0.4, 0.5) is 0 Å². The van der Waals surface area contributed by atoms with E-state index < -0.39 is 5.60 Å². The Morgan fingerprint density at radius 1 is 1.22 bits per heavy atom. The fourth-order valence-corrected chi connectivity index (χ4v) is 6.12. The second-order valence-electron chi connectivity index (χ2n) is 8.21. The number of benzene rings is 1. The van der Waals surface area contributed by atoms with Gasteiger partial charge in [-0.05, 0) is 80.4 Å². The van der Waals surface area contributed by atoms with Crippen LogP contribution < -0.4 is 0 Å². The van der Waals surface area contributed by atoms with Gasteiger partial charge in [-0.15, -0.1) is 6.42 Å². The van der Waals surface area contributed by atoms with Crippen LogP contribution in [-0.4, -0.2) is 15.8 Å². The summed E-state index contributed by atoms with van der Waals surface area (Å²) in [6, 6.07) is 3.89. The van der Waals surface area contributed by atoms with E-state index in [0.717, 1.165) is 38.5 Å². The molecular weight excluding hydrogens is 284 g/mol. The average molecular weight is 310 g/mol. The maximum atomic E-state index is 11.0. The topological polar surface area (TPSA) is 40.5 Å². The number of aliphatic hydroxyl groups is 1. The smallest absolute Gasteiger partial charge is 0.130 e. The molecule has 5 atom stereocenters. The third kappa shape index (κ3) is 1.81. The van der Waals surface area contributed by atoms with Crippen molar-refractivity contribution in [2.75, 3.05) is 0 Å². The van der Waals surface area contributed by atoms with Gasteiger partial charge in [0.25, 0.3) is 0 Å². The van der Waals surface area contributed by atoms with Crippen LogP contribution in [0.1, 0.15) is 61.6 Å². The van der Waals surface area contributed by atoms with Crippen molar-refractivity contribution in [3.05, 3.63) is 28.8 Å². The van der Waals surface area contributed by atoms with E-state index >= 15 is 0 Å². The molecule has 0 heterocycles. The van der Waals surface area contributed by atoms with E-state index in [1.165, 1.54) is 16.7 Å². The zero-order valence-electron chi connectivity index (χ0n) is 14.1. The van der Waals surface area contributed by atoms with Gasteiger partial charge in [0.15, 0.2) is 0 Å². The first-order valence-electron chi connectivity index (χ1n) is 8.93. The van der Waals surface area contributed by atoms with Crippen LogP contribution in [0.2, 0.25) is 0 Å². The number of phenols is 1. The van der Waals surface area contributed by atoms with Gasteiger partial charge in [0.05, 0.1) is 0 Å². The van der Waals surface area contributed by atoms with Crippen molar-refractivity contribution in [1.29, 1.82) is 0 Å². The third-order valence-electron chi connectivity index (χ3n) is 7.49. The molecule has 0 saturated heterocycles. The van der Waals surface area contributed by atoms with Crippen LogP contribution in [0.15, 0.2) is 12.1 Å². The van der Waals surface area contributed by atoms with Crippen LogP contribution in [0.3, 0.4) is 0 Å². The summed E-state index contributed by atoms with van der Waals surface area (Å²) in [7, 11) is 0. The van der Waals surface area contributed by atoms with E-state index in [0.29, 0.717) is 23.5 Å². The van der Waals surface area contributed by atoms with Crippen molar-refractivity contribution in [3.63, 3.8) is 0 Å². The predicted octanol–water partition coefficient (Wildman–Crippen LogP) is 3.92. The molecule has 1 aromatic carbocycles. The number of terminal acetylenes is 1. The number of aryl methyl sites for hydroxylation is 1. The molecule has 2 heteroatoms. The van der Waals surface area contributed by atoms with E-state index in [4.69, 9.17) is 6.42 Å². The van der Waals surface area contributed by atoms with Gasteiger partial charge >= 0.3 is 0 Å². The highest BCUT2D eigenvalue weighted by Gasteiger charge is 2.61. The molecule has 4 rings (SSSR count). The van der Waals surface area contributed by atoms with Crippen molar-refractivity contribution < 1.29 is 10.2 Å². The number of hydrogen-bond donors (Lipinski definition) is 2. The Morgan fingerprint density at radius 2 is 2.00 bits per heavy atom. The van der Waals surface area contributed by atoms with Gasteiger partial charge in [-0.1, -0.05) is 18.9 Å². The quantitative estimate of drug-likeness (QED) is 0.713. The molecule has 0 unspecified atom stereocenters. The van der Waals surface area contributed by atoms with Gasteiger partial charge in [-0.2, -0.15) is 0 Å². The molecule has 0 bridgehead atoms. The number of phenolic OH excluding ortho intramolecular Hbond substituents is 1. The molecule has 3 aliphatic rings. The van der Waals surface area contributed by atoms with Crippen LogP contribution >= 0.6 is 0 Å². The summed E-state index contributed by atoms with van der Waals surface area (Å²) in [6.45, 7) is 4.35. The molecule has 1 aromatic rings. The van der Waals surface area contributed by atoms with Crippen molar-refractivity contribution in [2.45, 2.75) is 63.9 Å². The van der Waals surface area contributed by atoms with Crippen molar-refractivity contribution in [2.24, 2.45) is 17.3 Å². The Kier molecular flexibility index (Phi) is 3.13. The number of hydrogen-bond acceptors (Lipinski definition) is 2. The highest BCUT2D eigenvalue weighted by Crippen LogP contribution is 2.64. The maximum Gasteiger partial charge on any atom is 0.130 e. The number of aromatic hydroxyl groups is 1. The molecular formula is C21H26O2. The van der Waals surface area contributed by atoms with Crippen LogP contribution in [-0.2, 0) is 6.42 Å². The minimum Gasteiger partial charge on any atom is -0.508 e. The zero-order chi connectivity index (χ0) is 16.4. The summed E-state index contributed by atoms with van der Waals surface area (Å²) >= 11 is 0. The van der Waals surface area contributed by atoms with Gasteiger partial charge in [0, 0.05) is 11.0 Å². The van der Waals surface area contributed by atoms with Gasteiger partial charge in [-0.3, -0.25) is 0 Å². The fourth-order valence-electron chi connectivity index (χ4n) is 6.12. The minimum absolute atomic E-state index is 0.167. The van der Waals surface area contributed by atoms with Gasteiger partial charge < -0.3 is 10.2 Å². The minimum atomic E-state index is -0.947. The lowest BCUT2D eigenvalue weighted by Gasteiger charge is -2.52. The molecule has 23 heavy (non-hydrogen) atoms. The molecule has 3 aliphatic carbocycles. The Morgan fingerprint density at radius 3 is 2.74 bits per heavy atom. The normalized spacial score (nSPS) is 41.6. The highest BCUT2D eigenvalue weighted by atomic mass is 16.3. The molecule has 122 valence electrons. The van der Waals surface area contributed by atoms with Crippen molar-refractivity contribution in [1.82, 2.24) is 0 Å². The van der Waals surface area contributed by atoms with Crippen LogP contribution in [0, 0.1) is 36.5 Å². The van der Waals surface area contributed by atoms with Gasteiger partial charge in [0.1, 0.15) is 11.4 Å². The Hall–Kier alpha value is -1.46. The largest absolute Gasteiger partial charge is 0.508 e. The van der Waals surface area contributed by atoms with Gasteiger partial charge in [0.2, 0.25) is 0 Å².